The Bertz CT molecular complexity index is 370. The van der Waals surface area contributed by atoms with Gasteiger partial charge < -0.3 is 5.73 Å². The van der Waals surface area contributed by atoms with Crippen molar-refractivity contribution in [2.45, 2.75) is 26.1 Å². The van der Waals surface area contributed by atoms with Crippen molar-refractivity contribution in [3.63, 3.8) is 0 Å². The summed E-state index contributed by atoms with van der Waals surface area (Å²) in [4.78, 5) is 10.8. The number of alkyl halides is 3. The van der Waals surface area contributed by atoms with Crippen molar-refractivity contribution in [1.82, 2.24) is 9.78 Å². The minimum absolute atomic E-state index is 0.150. The highest BCUT2D eigenvalue weighted by Crippen LogP contribution is 2.20. The van der Waals surface area contributed by atoms with Crippen LogP contribution in [0.15, 0.2) is 6.20 Å². The summed E-state index contributed by atoms with van der Waals surface area (Å²) in [5.74, 6) is -0.689. The van der Waals surface area contributed by atoms with Crippen molar-refractivity contribution in [1.29, 1.82) is 0 Å². The third kappa shape index (κ3) is 2.97. The van der Waals surface area contributed by atoms with E-state index in [4.69, 9.17) is 5.73 Å². The zero-order valence-corrected chi connectivity index (χ0v) is 8.01. The first-order valence-corrected chi connectivity index (χ1v) is 4.20. The number of aryl methyl sites for hydroxylation is 1. The summed E-state index contributed by atoms with van der Waals surface area (Å²) < 4.78 is 36.8. The molecule has 15 heavy (non-hydrogen) atoms. The summed E-state index contributed by atoms with van der Waals surface area (Å²) in [7, 11) is 0. The number of nitrogens with two attached hydrogens (primary N) is 1. The van der Waals surface area contributed by atoms with E-state index in [1.165, 1.54) is 13.1 Å². The van der Waals surface area contributed by atoms with Crippen LogP contribution in [0.1, 0.15) is 22.5 Å². The SMILES string of the molecule is Cc1c(C(N)=O)cnn1CCC(F)(F)F. The Labute approximate surface area is 83.9 Å². The van der Waals surface area contributed by atoms with Gasteiger partial charge in [0.15, 0.2) is 0 Å². The van der Waals surface area contributed by atoms with Crippen LogP contribution < -0.4 is 5.73 Å². The lowest BCUT2D eigenvalue weighted by Gasteiger charge is -2.07. The lowest BCUT2D eigenvalue weighted by molar-refractivity contribution is -0.137. The van der Waals surface area contributed by atoms with Gasteiger partial charge >= 0.3 is 6.18 Å². The van der Waals surface area contributed by atoms with Crippen molar-refractivity contribution < 1.29 is 18.0 Å². The monoisotopic (exact) mass is 221 g/mol. The molecule has 0 aliphatic rings. The Kier molecular flexibility index (Phi) is 3.01. The summed E-state index contributed by atoms with van der Waals surface area (Å²) in [6.45, 7) is 1.20. The molecule has 1 amide bonds. The van der Waals surface area contributed by atoms with E-state index in [0.29, 0.717) is 5.69 Å². The molecule has 0 aliphatic carbocycles. The minimum Gasteiger partial charge on any atom is -0.365 e. The van der Waals surface area contributed by atoms with Crippen LogP contribution in [-0.4, -0.2) is 21.9 Å². The molecule has 7 heteroatoms. The number of carbonyl (C=O) groups excluding carboxylic acids is 1. The number of aromatic nitrogens is 2. The molecule has 84 valence electrons. The number of hydrogen-bond donors (Lipinski definition) is 1. The molecule has 1 aromatic rings. The number of rotatable bonds is 3. The van der Waals surface area contributed by atoms with Crippen LogP contribution in [0, 0.1) is 6.92 Å². The molecule has 0 unspecified atom stereocenters. The first-order valence-electron chi connectivity index (χ1n) is 4.20. The standard InChI is InChI=1S/C8H10F3N3O/c1-5-6(7(12)15)4-13-14(5)3-2-8(9,10)11/h4H,2-3H2,1H3,(H2,12,15). The predicted molar refractivity (Wildman–Crippen MR) is 46.2 cm³/mol. The molecule has 0 saturated carbocycles. The number of halogens is 3. The van der Waals surface area contributed by atoms with Crippen LogP contribution >= 0.6 is 0 Å². The Morgan fingerprint density at radius 1 is 1.60 bits per heavy atom. The number of amides is 1. The number of hydrogen-bond acceptors (Lipinski definition) is 2. The molecule has 0 bridgehead atoms. The zero-order valence-electron chi connectivity index (χ0n) is 8.01. The summed E-state index contributed by atoms with van der Waals surface area (Å²) in [6, 6.07) is 0. The highest BCUT2D eigenvalue weighted by Gasteiger charge is 2.27. The molecule has 0 spiro atoms. The van der Waals surface area contributed by atoms with Gasteiger partial charge in [-0.25, -0.2) is 0 Å². The Morgan fingerprint density at radius 2 is 2.20 bits per heavy atom. The molecule has 0 atom stereocenters. The second-order valence-electron chi connectivity index (χ2n) is 3.10. The van der Waals surface area contributed by atoms with Crippen LogP contribution in [0.25, 0.3) is 0 Å². The predicted octanol–water partition coefficient (Wildman–Crippen LogP) is 1.24. The lowest BCUT2D eigenvalue weighted by Crippen LogP contribution is -2.15. The van der Waals surface area contributed by atoms with Crippen molar-refractivity contribution >= 4 is 5.91 Å². The number of carbonyl (C=O) groups is 1. The molecule has 1 rings (SSSR count). The minimum atomic E-state index is -4.23. The topological polar surface area (TPSA) is 60.9 Å². The van der Waals surface area contributed by atoms with Gasteiger partial charge in [-0.05, 0) is 6.92 Å². The quantitative estimate of drug-likeness (QED) is 0.834. The summed E-state index contributed by atoms with van der Waals surface area (Å²) in [6.07, 6.45) is -4.03. The van der Waals surface area contributed by atoms with E-state index in [2.05, 4.69) is 5.10 Å². The second kappa shape index (κ2) is 3.92. The van der Waals surface area contributed by atoms with Gasteiger partial charge in [0, 0.05) is 12.2 Å². The largest absolute Gasteiger partial charge is 0.390 e. The van der Waals surface area contributed by atoms with Gasteiger partial charge in [-0.2, -0.15) is 18.3 Å². The van der Waals surface area contributed by atoms with Crippen molar-refractivity contribution in [3.05, 3.63) is 17.5 Å². The second-order valence-corrected chi connectivity index (χ2v) is 3.10. The van der Waals surface area contributed by atoms with Gasteiger partial charge in [-0.3, -0.25) is 9.48 Å². The Hall–Kier alpha value is -1.53. The molecule has 2 N–H and O–H groups in total. The average molecular weight is 221 g/mol. The van der Waals surface area contributed by atoms with Gasteiger partial charge in [-0.15, -0.1) is 0 Å². The van der Waals surface area contributed by atoms with E-state index in [0.717, 1.165) is 4.68 Å². The molecule has 0 fully saturated rings. The molecule has 4 nitrogen and oxygen atoms in total. The highest BCUT2D eigenvalue weighted by molar-refractivity contribution is 5.93. The van der Waals surface area contributed by atoms with Gasteiger partial charge in [0.2, 0.25) is 0 Å². The van der Waals surface area contributed by atoms with E-state index in [1.807, 2.05) is 0 Å². The molecule has 0 aliphatic heterocycles. The Morgan fingerprint density at radius 3 is 2.60 bits per heavy atom. The van der Waals surface area contributed by atoms with E-state index in [-0.39, 0.29) is 12.1 Å². The van der Waals surface area contributed by atoms with Crippen LogP contribution in [0.5, 0.6) is 0 Å². The zero-order chi connectivity index (χ0) is 11.6. The molecular weight excluding hydrogens is 211 g/mol. The fourth-order valence-corrected chi connectivity index (χ4v) is 1.15. The van der Waals surface area contributed by atoms with Crippen molar-refractivity contribution in [2.24, 2.45) is 5.73 Å². The number of nitrogens with zero attached hydrogens (tertiary/aromatic N) is 2. The van der Waals surface area contributed by atoms with Crippen LogP contribution in [0.2, 0.25) is 0 Å². The van der Waals surface area contributed by atoms with E-state index in [9.17, 15) is 18.0 Å². The first-order chi connectivity index (χ1) is 6.81. The van der Waals surface area contributed by atoms with Crippen molar-refractivity contribution in [3.8, 4) is 0 Å². The molecular formula is C8H10F3N3O. The van der Waals surface area contributed by atoms with Crippen LogP contribution in [0.4, 0.5) is 13.2 Å². The third-order valence-electron chi connectivity index (χ3n) is 1.98. The maximum Gasteiger partial charge on any atom is 0.390 e. The molecule has 0 aromatic carbocycles. The first kappa shape index (κ1) is 11.5. The van der Waals surface area contributed by atoms with Crippen LogP contribution in [0.3, 0.4) is 0 Å². The van der Waals surface area contributed by atoms with E-state index < -0.39 is 18.5 Å². The smallest absolute Gasteiger partial charge is 0.365 e. The van der Waals surface area contributed by atoms with Gasteiger partial charge in [-0.1, -0.05) is 0 Å². The van der Waals surface area contributed by atoms with E-state index >= 15 is 0 Å². The Balaban J connectivity index is 2.75. The van der Waals surface area contributed by atoms with Gasteiger partial charge in [0.25, 0.3) is 5.91 Å². The highest BCUT2D eigenvalue weighted by atomic mass is 19.4. The van der Waals surface area contributed by atoms with Crippen molar-refractivity contribution in [2.75, 3.05) is 0 Å². The average Bonchev–Trinajstić information content (AvgIpc) is 2.42. The molecule has 0 radical (unpaired) electrons. The molecule has 1 heterocycles. The molecule has 1 aromatic heterocycles. The van der Waals surface area contributed by atoms with Gasteiger partial charge in [0.05, 0.1) is 18.2 Å². The third-order valence-corrected chi connectivity index (χ3v) is 1.98. The normalized spacial score (nSPS) is 11.7. The van der Waals surface area contributed by atoms with E-state index in [1.54, 1.807) is 0 Å². The lowest BCUT2D eigenvalue weighted by atomic mass is 10.2. The summed E-state index contributed by atoms with van der Waals surface area (Å²) in [5, 5.41) is 3.66. The summed E-state index contributed by atoms with van der Waals surface area (Å²) >= 11 is 0. The maximum absolute atomic E-state index is 11.9. The fraction of sp³-hybridized carbons (Fsp3) is 0.500. The number of primary amides is 1. The fourth-order valence-electron chi connectivity index (χ4n) is 1.15. The molecule has 0 saturated heterocycles. The van der Waals surface area contributed by atoms with Crippen LogP contribution in [-0.2, 0) is 6.54 Å². The summed E-state index contributed by atoms with van der Waals surface area (Å²) in [5.41, 5.74) is 5.50. The maximum atomic E-state index is 11.9. The van der Waals surface area contributed by atoms with Gasteiger partial charge in [0.1, 0.15) is 0 Å².